The van der Waals surface area contributed by atoms with Crippen molar-refractivity contribution in [2.45, 2.75) is 25.0 Å². The van der Waals surface area contributed by atoms with Gasteiger partial charge in [-0.2, -0.15) is 13.8 Å². The van der Waals surface area contributed by atoms with E-state index >= 15 is 0 Å². The van der Waals surface area contributed by atoms with Crippen LogP contribution >= 0.6 is 0 Å². The number of alkyl halides is 2. The van der Waals surface area contributed by atoms with Gasteiger partial charge in [-0.15, -0.1) is 0 Å². The molecule has 0 N–H and O–H groups in total. The molecule has 0 bridgehead atoms. The first-order chi connectivity index (χ1) is 15.2. The predicted octanol–water partition coefficient (Wildman–Crippen LogP) is 3.50. The number of methoxy groups -OCH3 is 1. The molecular formula is C20H18F2N2O7S. The molecule has 0 atom stereocenters. The summed E-state index contributed by atoms with van der Waals surface area (Å²) in [5, 5.41) is 3.76. The third-order valence-corrected chi connectivity index (χ3v) is 6.04. The number of sulfone groups is 1. The fourth-order valence-electron chi connectivity index (χ4n) is 2.70. The van der Waals surface area contributed by atoms with Crippen molar-refractivity contribution in [2.24, 2.45) is 0 Å². The molecule has 2 aromatic carbocycles. The number of ether oxygens (including phenoxy) is 3. The zero-order valence-corrected chi connectivity index (χ0v) is 17.8. The summed E-state index contributed by atoms with van der Waals surface area (Å²) < 4.78 is 68.8. The normalized spacial score (nSPS) is 11.4. The second kappa shape index (κ2) is 9.73. The van der Waals surface area contributed by atoms with Crippen LogP contribution in [0.25, 0.3) is 11.4 Å². The maximum atomic E-state index is 12.5. The molecule has 1 aromatic heterocycles. The number of rotatable bonds is 9. The van der Waals surface area contributed by atoms with Crippen molar-refractivity contribution in [2.75, 3.05) is 12.9 Å². The Labute approximate surface area is 181 Å². The molecule has 0 saturated heterocycles. The number of carbonyl (C=O) groups is 1. The van der Waals surface area contributed by atoms with Crippen LogP contribution in [0.3, 0.4) is 0 Å². The van der Waals surface area contributed by atoms with Crippen LogP contribution in [0.5, 0.6) is 11.5 Å². The van der Waals surface area contributed by atoms with Crippen molar-refractivity contribution in [3.05, 3.63) is 53.9 Å². The topological polar surface area (TPSA) is 118 Å². The van der Waals surface area contributed by atoms with Gasteiger partial charge in [-0.1, -0.05) is 24.2 Å². The molecule has 0 aliphatic carbocycles. The molecule has 0 unspecified atom stereocenters. The SMILES string of the molecule is CCS(=O)(=O)c1ccccc1C(=O)OCc1nc(-c2ccc(OC(F)F)c(OC)c2)no1. The zero-order chi connectivity index (χ0) is 23.3. The van der Waals surface area contributed by atoms with Gasteiger partial charge in [-0.3, -0.25) is 0 Å². The van der Waals surface area contributed by atoms with Crippen LogP contribution in [0.4, 0.5) is 8.78 Å². The fourth-order valence-corrected chi connectivity index (χ4v) is 3.78. The number of carbonyl (C=O) groups excluding carboxylic acids is 1. The first kappa shape index (κ1) is 23.1. The largest absolute Gasteiger partial charge is 0.493 e. The number of hydrogen-bond donors (Lipinski definition) is 0. The highest BCUT2D eigenvalue weighted by atomic mass is 32.2. The van der Waals surface area contributed by atoms with Crippen LogP contribution in [0.1, 0.15) is 23.2 Å². The van der Waals surface area contributed by atoms with Crippen molar-refractivity contribution in [1.82, 2.24) is 10.1 Å². The van der Waals surface area contributed by atoms with Gasteiger partial charge in [-0.05, 0) is 30.3 Å². The summed E-state index contributed by atoms with van der Waals surface area (Å²) in [7, 11) is -2.34. The van der Waals surface area contributed by atoms with E-state index in [4.69, 9.17) is 14.0 Å². The standard InChI is InChI=1S/C20H18F2N2O7S/c1-3-32(26,27)16-7-5-4-6-13(16)19(25)29-11-17-23-18(24-31-17)12-8-9-14(30-20(21)22)15(10-12)28-2/h4-10,20H,3,11H2,1-2H3. The summed E-state index contributed by atoms with van der Waals surface area (Å²) in [5.74, 6) is -1.14. The molecule has 32 heavy (non-hydrogen) atoms. The summed E-state index contributed by atoms with van der Waals surface area (Å²) in [6.07, 6.45) is 0. The molecule has 9 nitrogen and oxygen atoms in total. The van der Waals surface area contributed by atoms with Gasteiger partial charge >= 0.3 is 12.6 Å². The maximum Gasteiger partial charge on any atom is 0.387 e. The molecule has 0 spiro atoms. The number of aromatic nitrogens is 2. The average molecular weight is 468 g/mol. The molecule has 1 heterocycles. The minimum atomic E-state index is -3.63. The monoisotopic (exact) mass is 468 g/mol. The van der Waals surface area contributed by atoms with Gasteiger partial charge in [0.05, 0.1) is 23.3 Å². The zero-order valence-electron chi connectivity index (χ0n) is 16.9. The molecule has 0 aliphatic heterocycles. The molecule has 3 aromatic rings. The van der Waals surface area contributed by atoms with Gasteiger partial charge in [0.25, 0.3) is 5.89 Å². The average Bonchev–Trinajstić information content (AvgIpc) is 3.26. The molecule has 0 saturated carbocycles. The molecular weight excluding hydrogens is 450 g/mol. The van der Waals surface area contributed by atoms with Gasteiger partial charge in [0.15, 0.2) is 27.9 Å². The number of nitrogens with zero attached hydrogens (tertiary/aromatic N) is 2. The highest BCUT2D eigenvalue weighted by molar-refractivity contribution is 7.91. The Bertz CT molecular complexity index is 1210. The van der Waals surface area contributed by atoms with Crippen LogP contribution in [-0.2, 0) is 21.2 Å². The summed E-state index contributed by atoms with van der Waals surface area (Å²) >= 11 is 0. The first-order valence-electron chi connectivity index (χ1n) is 9.20. The molecule has 0 radical (unpaired) electrons. The Hall–Kier alpha value is -3.54. The fraction of sp³-hybridized carbons (Fsp3) is 0.250. The van der Waals surface area contributed by atoms with E-state index in [9.17, 15) is 22.0 Å². The minimum Gasteiger partial charge on any atom is -0.493 e. The molecule has 0 fully saturated rings. The summed E-state index contributed by atoms with van der Waals surface area (Å²) in [6.45, 7) is -1.95. The van der Waals surface area contributed by atoms with Crippen LogP contribution in [-0.4, -0.2) is 44.0 Å². The first-order valence-corrected chi connectivity index (χ1v) is 10.8. The van der Waals surface area contributed by atoms with Crippen molar-refractivity contribution in [3.8, 4) is 22.9 Å². The molecule has 12 heteroatoms. The minimum absolute atomic E-state index is 0.0364. The molecule has 0 amide bonds. The molecule has 170 valence electrons. The summed E-state index contributed by atoms with van der Waals surface area (Å²) in [6, 6.07) is 9.77. The van der Waals surface area contributed by atoms with Gasteiger partial charge in [-0.25, -0.2) is 13.2 Å². The number of benzene rings is 2. The Kier molecular flexibility index (Phi) is 7.03. The van der Waals surface area contributed by atoms with Crippen LogP contribution in [0, 0.1) is 0 Å². The Morgan fingerprint density at radius 1 is 1.16 bits per heavy atom. The third kappa shape index (κ3) is 5.19. The van der Waals surface area contributed by atoms with E-state index in [2.05, 4.69) is 14.9 Å². The lowest BCUT2D eigenvalue weighted by Gasteiger charge is -2.10. The molecule has 3 rings (SSSR count). The third-order valence-electron chi connectivity index (χ3n) is 4.25. The Morgan fingerprint density at radius 3 is 2.59 bits per heavy atom. The summed E-state index contributed by atoms with van der Waals surface area (Å²) in [4.78, 5) is 16.4. The number of halogens is 2. The van der Waals surface area contributed by atoms with Crippen molar-refractivity contribution >= 4 is 15.8 Å². The lowest BCUT2D eigenvalue weighted by atomic mass is 10.2. The highest BCUT2D eigenvalue weighted by Gasteiger charge is 2.22. The lowest BCUT2D eigenvalue weighted by Crippen LogP contribution is -2.13. The molecule has 0 aliphatic rings. The van der Waals surface area contributed by atoms with Crippen molar-refractivity contribution in [3.63, 3.8) is 0 Å². The quantitative estimate of drug-likeness (QED) is 0.435. The second-order valence-corrected chi connectivity index (χ2v) is 8.48. The number of esters is 1. The maximum absolute atomic E-state index is 12.5. The van der Waals surface area contributed by atoms with E-state index in [-0.39, 0.29) is 39.4 Å². The van der Waals surface area contributed by atoms with Crippen LogP contribution in [0.15, 0.2) is 51.9 Å². The van der Waals surface area contributed by atoms with Gasteiger partial charge in [0.1, 0.15) is 0 Å². The van der Waals surface area contributed by atoms with E-state index < -0.39 is 29.0 Å². The van der Waals surface area contributed by atoms with E-state index in [0.717, 1.165) is 0 Å². The van der Waals surface area contributed by atoms with Crippen LogP contribution in [0.2, 0.25) is 0 Å². The van der Waals surface area contributed by atoms with E-state index in [1.165, 1.54) is 56.5 Å². The number of hydrogen-bond acceptors (Lipinski definition) is 9. The smallest absolute Gasteiger partial charge is 0.387 e. The van der Waals surface area contributed by atoms with E-state index in [0.29, 0.717) is 5.56 Å². The highest BCUT2D eigenvalue weighted by Crippen LogP contribution is 2.32. The lowest BCUT2D eigenvalue weighted by molar-refractivity contribution is -0.0512. The Balaban J connectivity index is 1.74. The van der Waals surface area contributed by atoms with Crippen molar-refractivity contribution in [1.29, 1.82) is 0 Å². The van der Waals surface area contributed by atoms with E-state index in [1.807, 2.05) is 0 Å². The predicted molar refractivity (Wildman–Crippen MR) is 106 cm³/mol. The summed E-state index contributed by atoms with van der Waals surface area (Å²) in [5.41, 5.74) is 0.276. The van der Waals surface area contributed by atoms with E-state index in [1.54, 1.807) is 0 Å². The van der Waals surface area contributed by atoms with Crippen molar-refractivity contribution < 1.29 is 40.7 Å². The van der Waals surface area contributed by atoms with Gasteiger partial charge in [0.2, 0.25) is 5.82 Å². The van der Waals surface area contributed by atoms with Gasteiger partial charge < -0.3 is 18.7 Å². The Morgan fingerprint density at radius 2 is 1.91 bits per heavy atom. The van der Waals surface area contributed by atoms with Gasteiger partial charge in [0, 0.05) is 5.56 Å². The second-order valence-electron chi connectivity index (χ2n) is 6.23. The van der Waals surface area contributed by atoms with Crippen LogP contribution < -0.4 is 9.47 Å².